The maximum atomic E-state index is 13.7. The van der Waals surface area contributed by atoms with Gasteiger partial charge in [0.05, 0.1) is 37.1 Å². The molecule has 0 saturated carbocycles. The van der Waals surface area contributed by atoms with Gasteiger partial charge in [0.25, 0.3) is 5.56 Å². The number of nitrogens with zero attached hydrogens (tertiary/aromatic N) is 2. The summed E-state index contributed by atoms with van der Waals surface area (Å²) in [6, 6.07) is 6.86. The van der Waals surface area contributed by atoms with Crippen LogP contribution in [0.25, 0.3) is 10.9 Å². The molecule has 0 radical (unpaired) electrons. The van der Waals surface area contributed by atoms with Crippen molar-refractivity contribution in [1.82, 2.24) is 9.55 Å². The molecule has 1 aromatic heterocycles. The Hall–Kier alpha value is -3.13. The van der Waals surface area contributed by atoms with Crippen molar-refractivity contribution in [3.05, 3.63) is 57.9 Å². The molecule has 0 bridgehead atoms. The summed E-state index contributed by atoms with van der Waals surface area (Å²) >= 11 is 5.80. The molecule has 0 unspecified atom stereocenters. The van der Waals surface area contributed by atoms with Gasteiger partial charge in [-0.1, -0.05) is 11.6 Å². The maximum Gasteiger partial charge on any atom is 0.261 e. The predicted octanol–water partition coefficient (Wildman–Crippen LogP) is 2.84. The fraction of sp³-hybridized carbons (Fsp3) is 0.167. The molecule has 0 aliphatic rings. The van der Waals surface area contributed by atoms with Crippen molar-refractivity contribution in [2.75, 3.05) is 19.5 Å². The lowest BCUT2D eigenvalue weighted by atomic mass is 10.2. The normalized spacial score (nSPS) is 10.7. The van der Waals surface area contributed by atoms with Crippen LogP contribution in [0.15, 0.2) is 41.5 Å². The maximum absolute atomic E-state index is 13.7. The van der Waals surface area contributed by atoms with E-state index in [0.717, 1.165) is 10.6 Å². The second-order valence-corrected chi connectivity index (χ2v) is 6.01. The number of amides is 1. The third kappa shape index (κ3) is 3.85. The fourth-order valence-electron chi connectivity index (χ4n) is 2.54. The minimum atomic E-state index is -0.631. The van der Waals surface area contributed by atoms with Crippen LogP contribution in [0, 0.1) is 5.82 Å². The van der Waals surface area contributed by atoms with Crippen LogP contribution in [0.3, 0.4) is 0 Å². The monoisotopic (exact) mass is 391 g/mol. The van der Waals surface area contributed by atoms with Gasteiger partial charge in [0.2, 0.25) is 5.91 Å². The first kappa shape index (κ1) is 18.7. The topological polar surface area (TPSA) is 82.5 Å². The van der Waals surface area contributed by atoms with E-state index in [0.29, 0.717) is 17.0 Å². The summed E-state index contributed by atoms with van der Waals surface area (Å²) in [6.45, 7) is -0.345. The highest BCUT2D eigenvalue weighted by atomic mass is 35.5. The molecule has 0 atom stereocenters. The first-order valence-corrected chi connectivity index (χ1v) is 8.17. The van der Waals surface area contributed by atoms with Crippen LogP contribution in [-0.2, 0) is 11.3 Å². The van der Waals surface area contributed by atoms with Crippen molar-refractivity contribution in [1.29, 1.82) is 0 Å². The summed E-state index contributed by atoms with van der Waals surface area (Å²) < 4.78 is 25.2. The molecule has 1 heterocycles. The molecular formula is C18H15ClFN3O4. The highest BCUT2D eigenvalue weighted by molar-refractivity contribution is 6.30. The Labute approximate surface area is 158 Å². The zero-order chi connectivity index (χ0) is 19.6. The van der Waals surface area contributed by atoms with Gasteiger partial charge in [0.15, 0.2) is 11.5 Å². The summed E-state index contributed by atoms with van der Waals surface area (Å²) in [4.78, 5) is 29.0. The molecule has 0 aliphatic carbocycles. The third-order valence-electron chi connectivity index (χ3n) is 3.85. The summed E-state index contributed by atoms with van der Waals surface area (Å²) in [6.07, 6.45) is 1.24. The van der Waals surface area contributed by atoms with Crippen LogP contribution in [0.5, 0.6) is 11.5 Å². The predicted molar refractivity (Wildman–Crippen MR) is 99.1 cm³/mol. The molecule has 3 rings (SSSR count). The summed E-state index contributed by atoms with van der Waals surface area (Å²) in [5.41, 5.74) is -0.112. The van der Waals surface area contributed by atoms with Gasteiger partial charge in [-0.2, -0.15) is 0 Å². The van der Waals surface area contributed by atoms with Crippen molar-refractivity contribution in [3.8, 4) is 11.5 Å². The number of halogens is 2. The Morgan fingerprint density at radius 1 is 1.22 bits per heavy atom. The first-order valence-electron chi connectivity index (χ1n) is 7.79. The van der Waals surface area contributed by atoms with E-state index in [1.165, 1.54) is 38.7 Å². The SMILES string of the molecule is COc1cc2ncn(CC(=O)Nc3cc(Cl)ccc3F)c(=O)c2cc1OC. The number of fused-ring (bicyclic) bond motifs is 1. The van der Waals surface area contributed by atoms with Crippen molar-refractivity contribution >= 4 is 34.1 Å². The van der Waals surface area contributed by atoms with Gasteiger partial charge in [-0.15, -0.1) is 0 Å². The molecule has 0 aliphatic heterocycles. The van der Waals surface area contributed by atoms with Crippen LogP contribution in [0.4, 0.5) is 10.1 Å². The highest BCUT2D eigenvalue weighted by Gasteiger charge is 2.14. The van der Waals surface area contributed by atoms with Gasteiger partial charge in [-0.05, 0) is 24.3 Å². The van der Waals surface area contributed by atoms with E-state index >= 15 is 0 Å². The number of nitrogens with one attached hydrogen (secondary N) is 1. The molecule has 1 amide bonds. The standard InChI is InChI=1S/C18H15ClFN3O4/c1-26-15-6-11-13(7-16(15)27-2)21-9-23(18(11)25)8-17(24)22-14-5-10(19)3-4-12(14)20/h3-7,9H,8H2,1-2H3,(H,22,24). The number of carbonyl (C=O) groups excluding carboxylic acids is 1. The van der Waals surface area contributed by atoms with Crippen molar-refractivity contribution in [2.45, 2.75) is 6.54 Å². The molecule has 0 spiro atoms. The zero-order valence-electron chi connectivity index (χ0n) is 14.5. The number of hydrogen-bond acceptors (Lipinski definition) is 5. The summed E-state index contributed by atoms with van der Waals surface area (Å²) in [5.74, 6) is -0.426. The van der Waals surface area contributed by atoms with Crippen LogP contribution < -0.4 is 20.3 Å². The number of rotatable bonds is 5. The summed E-state index contributed by atoms with van der Waals surface area (Å²) in [5, 5.41) is 2.92. The van der Waals surface area contributed by atoms with Crippen LogP contribution in [-0.4, -0.2) is 29.7 Å². The molecule has 9 heteroatoms. The number of ether oxygens (including phenoxy) is 2. The van der Waals surface area contributed by atoms with Gasteiger partial charge in [0, 0.05) is 11.1 Å². The number of anilines is 1. The lowest BCUT2D eigenvalue weighted by Gasteiger charge is -2.11. The third-order valence-corrected chi connectivity index (χ3v) is 4.08. The van der Waals surface area contributed by atoms with Crippen LogP contribution in [0.1, 0.15) is 0 Å². The molecule has 0 saturated heterocycles. The Balaban J connectivity index is 1.90. The average molecular weight is 392 g/mol. The first-order chi connectivity index (χ1) is 12.9. The van der Waals surface area contributed by atoms with Crippen LogP contribution in [0.2, 0.25) is 5.02 Å². The lowest BCUT2D eigenvalue weighted by Crippen LogP contribution is -2.28. The number of methoxy groups -OCH3 is 2. The zero-order valence-corrected chi connectivity index (χ0v) is 15.2. The van der Waals surface area contributed by atoms with Gasteiger partial charge in [-0.25, -0.2) is 9.37 Å². The molecule has 1 N–H and O–H groups in total. The second-order valence-electron chi connectivity index (χ2n) is 5.57. The van der Waals surface area contributed by atoms with Crippen molar-refractivity contribution in [2.24, 2.45) is 0 Å². The average Bonchev–Trinajstić information content (AvgIpc) is 2.66. The van der Waals surface area contributed by atoms with E-state index < -0.39 is 17.3 Å². The largest absolute Gasteiger partial charge is 0.493 e. The van der Waals surface area contributed by atoms with E-state index in [4.69, 9.17) is 21.1 Å². The number of carbonyl (C=O) groups is 1. The lowest BCUT2D eigenvalue weighted by molar-refractivity contribution is -0.116. The Kier molecular flexibility index (Phi) is 5.27. The molecule has 2 aromatic carbocycles. The molecular weight excluding hydrogens is 377 g/mol. The van der Waals surface area contributed by atoms with Crippen molar-refractivity contribution in [3.63, 3.8) is 0 Å². The van der Waals surface area contributed by atoms with Crippen molar-refractivity contribution < 1.29 is 18.7 Å². The quantitative estimate of drug-likeness (QED) is 0.723. The molecule has 27 heavy (non-hydrogen) atoms. The highest BCUT2D eigenvalue weighted by Crippen LogP contribution is 2.29. The number of hydrogen-bond donors (Lipinski definition) is 1. The minimum Gasteiger partial charge on any atom is -0.493 e. The molecule has 7 nitrogen and oxygen atoms in total. The molecule has 140 valence electrons. The smallest absolute Gasteiger partial charge is 0.261 e. The van der Waals surface area contributed by atoms with Crippen LogP contribution >= 0.6 is 11.6 Å². The minimum absolute atomic E-state index is 0.0688. The Bertz CT molecular complexity index is 1080. The van der Waals surface area contributed by atoms with Gasteiger partial charge < -0.3 is 14.8 Å². The molecule has 3 aromatic rings. The summed E-state index contributed by atoms with van der Waals surface area (Å²) in [7, 11) is 2.93. The van der Waals surface area contributed by atoms with Gasteiger partial charge in [-0.3, -0.25) is 14.2 Å². The van der Waals surface area contributed by atoms with E-state index in [1.807, 2.05) is 0 Å². The van der Waals surface area contributed by atoms with E-state index in [-0.39, 0.29) is 22.6 Å². The second kappa shape index (κ2) is 7.63. The fourth-order valence-corrected chi connectivity index (χ4v) is 2.71. The van der Waals surface area contributed by atoms with E-state index in [2.05, 4.69) is 10.3 Å². The van der Waals surface area contributed by atoms with E-state index in [1.54, 1.807) is 6.07 Å². The number of benzene rings is 2. The Morgan fingerprint density at radius 3 is 2.63 bits per heavy atom. The molecule has 0 fully saturated rings. The van der Waals surface area contributed by atoms with E-state index in [9.17, 15) is 14.0 Å². The van der Waals surface area contributed by atoms with Gasteiger partial charge >= 0.3 is 0 Å². The Morgan fingerprint density at radius 2 is 1.93 bits per heavy atom. The van der Waals surface area contributed by atoms with Gasteiger partial charge in [0.1, 0.15) is 12.4 Å². The number of aromatic nitrogens is 2.